The van der Waals surface area contributed by atoms with Gasteiger partial charge in [-0.2, -0.15) is 0 Å². The number of esters is 1. The van der Waals surface area contributed by atoms with Crippen molar-refractivity contribution in [1.29, 1.82) is 0 Å². The second-order valence-corrected chi connectivity index (χ2v) is 7.75. The number of rotatable bonds is 7. The van der Waals surface area contributed by atoms with Gasteiger partial charge in [-0.05, 0) is 46.3 Å². The number of ether oxygens (including phenoxy) is 1. The number of carbonyl (C=O) groups excluding carboxylic acids is 2. The van der Waals surface area contributed by atoms with Gasteiger partial charge in [-0.1, -0.05) is 25.1 Å². The number of anilines is 1. The number of nitrogens with one attached hydrogen (secondary N) is 2. The van der Waals surface area contributed by atoms with Crippen LogP contribution in [-0.4, -0.2) is 33.4 Å². The minimum Gasteiger partial charge on any atom is -0.452 e. The molecule has 0 fully saturated rings. The minimum atomic E-state index is -3.69. The van der Waals surface area contributed by atoms with Crippen LogP contribution in [0, 0.1) is 0 Å². The van der Waals surface area contributed by atoms with Crippen LogP contribution < -0.4 is 10.0 Å². The third kappa shape index (κ3) is 5.38. The van der Waals surface area contributed by atoms with Crippen molar-refractivity contribution in [2.45, 2.75) is 11.8 Å². The van der Waals surface area contributed by atoms with E-state index in [0.29, 0.717) is 10.2 Å². The van der Waals surface area contributed by atoms with E-state index in [0.717, 1.165) is 0 Å². The largest absolute Gasteiger partial charge is 0.452 e. The van der Waals surface area contributed by atoms with Crippen LogP contribution in [-0.2, 0) is 19.6 Å². The SMILES string of the molecule is CCNS(=O)(=O)c1cccc(C(=O)OCC(=O)Nc2ccccc2Br)c1. The summed E-state index contributed by atoms with van der Waals surface area (Å²) in [6.45, 7) is 1.38. The van der Waals surface area contributed by atoms with Gasteiger partial charge < -0.3 is 10.1 Å². The summed E-state index contributed by atoms with van der Waals surface area (Å²) in [4.78, 5) is 23.9. The van der Waals surface area contributed by atoms with Crippen LogP contribution in [0.5, 0.6) is 0 Å². The van der Waals surface area contributed by atoms with Crippen molar-refractivity contribution in [2.75, 3.05) is 18.5 Å². The predicted octanol–water partition coefficient (Wildman–Crippen LogP) is 2.54. The monoisotopic (exact) mass is 440 g/mol. The van der Waals surface area contributed by atoms with Crippen molar-refractivity contribution < 1.29 is 22.7 Å². The normalized spacial score (nSPS) is 11.0. The zero-order chi connectivity index (χ0) is 19.2. The van der Waals surface area contributed by atoms with Gasteiger partial charge in [0.15, 0.2) is 6.61 Å². The molecule has 9 heteroatoms. The molecule has 0 aliphatic carbocycles. The molecule has 0 saturated heterocycles. The summed E-state index contributed by atoms with van der Waals surface area (Å²) in [7, 11) is -3.69. The molecule has 1 amide bonds. The maximum Gasteiger partial charge on any atom is 0.338 e. The van der Waals surface area contributed by atoms with Gasteiger partial charge in [0.1, 0.15) is 0 Å². The lowest BCUT2D eigenvalue weighted by Gasteiger charge is -2.09. The zero-order valence-corrected chi connectivity index (χ0v) is 16.3. The van der Waals surface area contributed by atoms with Gasteiger partial charge in [-0.3, -0.25) is 4.79 Å². The average molecular weight is 441 g/mol. The van der Waals surface area contributed by atoms with Gasteiger partial charge in [0.05, 0.1) is 16.1 Å². The Morgan fingerprint density at radius 2 is 1.85 bits per heavy atom. The van der Waals surface area contributed by atoms with Crippen molar-refractivity contribution in [1.82, 2.24) is 4.72 Å². The van der Waals surface area contributed by atoms with Gasteiger partial charge in [0, 0.05) is 11.0 Å². The number of halogens is 1. The highest BCUT2D eigenvalue weighted by molar-refractivity contribution is 9.10. The Kier molecular flexibility index (Phi) is 6.90. The molecule has 0 bridgehead atoms. The van der Waals surface area contributed by atoms with E-state index in [4.69, 9.17) is 4.74 Å². The standard InChI is InChI=1S/C17H17BrN2O5S/c1-2-19-26(23,24)13-7-5-6-12(10-13)17(22)25-11-16(21)20-15-9-4-3-8-14(15)18/h3-10,19H,2,11H2,1H3,(H,20,21). The van der Waals surface area contributed by atoms with E-state index in [9.17, 15) is 18.0 Å². The van der Waals surface area contributed by atoms with Crippen LogP contribution in [0.2, 0.25) is 0 Å². The fourth-order valence-electron chi connectivity index (χ4n) is 2.03. The average Bonchev–Trinajstić information content (AvgIpc) is 2.62. The Morgan fingerprint density at radius 1 is 1.12 bits per heavy atom. The predicted molar refractivity (Wildman–Crippen MR) is 100 cm³/mol. The first kappa shape index (κ1) is 20.1. The van der Waals surface area contributed by atoms with Crippen molar-refractivity contribution >= 4 is 43.5 Å². The van der Waals surface area contributed by atoms with E-state index in [1.165, 1.54) is 24.3 Å². The molecule has 0 heterocycles. The number of benzene rings is 2. The number of amides is 1. The molecule has 0 atom stereocenters. The molecule has 2 aromatic rings. The van der Waals surface area contributed by atoms with Crippen LogP contribution in [0.1, 0.15) is 17.3 Å². The molecule has 7 nitrogen and oxygen atoms in total. The lowest BCUT2D eigenvalue weighted by Crippen LogP contribution is -2.24. The van der Waals surface area contributed by atoms with E-state index < -0.39 is 28.5 Å². The molecule has 0 aliphatic heterocycles. The van der Waals surface area contributed by atoms with E-state index in [1.54, 1.807) is 31.2 Å². The van der Waals surface area contributed by atoms with Gasteiger partial charge >= 0.3 is 5.97 Å². The molecule has 0 radical (unpaired) electrons. The van der Waals surface area contributed by atoms with Gasteiger partial charge in [-0.25, -0.2) is 17.9 Å². The molecule has 0 aliphatic rings. The lowest BCUT2D eigenvalue weighted by atomic mass is 10.2. The molecule has 0 unspecified atom stereocenters. The van der Waals surface area contributed by atoms with E-state index in [1.807, 2.05) is 0 Å². The summed E-state index contributed by atoms with van der Waals surface area (Å²) in [5.41, 5.74) is 0.588. The number of carbonyl (C=O) groups is 2. The van der Waals surface area contributed by atoms with E-state index in [2.05, 4.69) is 26.0 Å². The Balaban J connectivity index is 2.00. The highest BCUT2D eigenvalue weighted by Gasteiger charge is 2.17. The Hall–Kier alpha value is -2.23. The molecule has 26 heavy (non-hydrogen) atoms. The Morgan fingerprint density at radius 3 is 2.54 bits per heavy atom. The van der Waals surface area contributed by atoms with Crippen molar-refractivity contribution in [3.63, 3.8) is 0 Å². The highest BCUT2D eigenvalue weighted by atomic mass is 79.9. The van der Waals surface area contributed by atoms with Crippen LogP contribution in [0.4, 0.5) is 5.69 Å². The maximum absolute atomic E-state index is 12.1. The van der Waals surface area contributed by atoms with Crippen LogP contribution in [0.3, 0.4) is 0 Å². The first-order chi connectivity index (χ1) is 12.3. The fourth-order valence-corrected chi connectivity index (χ4v) is 3.50. The van der Waals surface area contributed by atoms with Crippen molar-refractivity contribution in [3.8, 4) is 0 Å². The summed E-state index contributed by atoms with van der Waals surface area (Å²) in [6, 6.07) is 12.4. The molecule has 2 rings (SSSR count). The minimum absolute atomic E-state index is 0.0395. The molecular weight excluding hydrogens is 424 g/mol. The quantitative estimate of drug-likeness (QED) is 0.644. The third-order valence-corrected chi connectivity index (χ3v) is 5.43. The first-order valence-corrected chi connectivity index (χ1v) is 9.92. The molecule has 138 valence electrons. The summed E-state index contributed by atoms with van der Waals surface area (Å²) in [5, 5.41) is 2.60. The maximum atomic E-state index is 12.1. The molecular formula is C17H17BrN2O5S. The van der Waals surface area contributed by atoms with Gasteiger partial charge in [-0.15, -0.1) is 0 Å². The summed E-state index contributed by atoms with van der Waals surface area (Å²) in [5.74, 6) is -1.30. The molecule has 0 saturated carbocycles. The number of hydrogen-bond donors (Lipinski definition) is 2. The molecule has 0 aromatic heterocycles. The van der Waals surface area contributed by atoms with Crippen LogP contribution in [0.15, 0.2) is 57.9 Å². The second kappa shape index (κ2) is 8.93. The van der Waals surface area contributed by atoms with Gasteiger partial charge in [0.2, 0.25) is 10.0 Å². The zero-order valence-electron chi connectivity index (χ0n) is 13.9. The Labute approximate surface area is 159 Å². The molecule has 2 aromatic carbocycles. The van der Waals surface area contributed by atoms with Crippen molar-refractivity contribution in [2.24, 2.45) is 0 Å². The lowest BCUT2D eigenvalue weighted by molar-refractivity contribution is -0.119. The summed E-state index contributed by atoms with van der Waals surface area (Å²) < 4.78 is 31.9. The Bertz CT molecular complexity index is 915. The van der Waals surface area contributed by atoms with Crippen LogP contribution in [0.25, 0.3) is 0 Å². The summed E-state index contributed by atoms with van der Waals surface area (Å²) in [6.07, 6.45) is 0. The highest BCUT2D eigenvalue weighted by Crippen LogP contribution is 2.21. The number of hydrogen-bond acceptors (Lipinski definition) is 5. The second-order valence-electron chi connectivity index (χ2n) is 5.13. The first-order valence-electron chi connectivity index (χ1n) is 7.64. The molecule has 0 spiro atoms. The number of sulfonamides is 1. The van der Waals surface area contributed by atoms with Crippen LogP contribution >= 0.6 is 15.9 Å². The van der Waals surface area contributed by atoms with Gasteiger partial charge in [0.25, 0.3) is 5.91 Å². The molecule has 2 N–H and O–H groups in total. The fraction of sp³-hybridized carbons (Fsp3) is 0.176. The topological polar surface area (TPSA) is 102 Å². The van der Waals surface area contributed by atoms with Crippen molar-refractivity contribution in [3.05, 3.63) is 58.6 Å². The van der Waals surface area contributed by atoms with E-state index >= 15 is 0 Å². The summed E-state index contributed by atoms with van der Waals surface area (Å²) >= 11 is 3.30. The third-order valence-electron chi connectivity index (χ3n) is 3.20. The number of para-hydroxylation sites is 1. The van der Waals surface area contributed by atoms with E-state index in [-0.39, 0.29) is 17.0 Å². The smallest absolute Gasteiger partial charge is 0.338 e.